The van der Waals surface area contributed by atoms with Crippen molar-refractivity contribution >= 4 is 48.0 Å². The molecule has 0 spiro atoms. The highest BCUT2D eigenvalue weighted by atomic mass is 16.6. The van der Waals surface area contributed by atoms with Gasteiger partial charge in [-0.2, -0.15) is 0 Å². The van der Waals surface area contributed by atoms with Crippen LogP contribution in [-0.4, -0.2) is 81.4 Å². The van der Waals surface area contributed by atoms with Crippen LogP contribution in [0.15, 0.2) is 11.1 Å². The summed E-state index contributed by atoms with van der Waals surface area (Å²) in [6.07, 6.45) is 1.83. The quantitative estimate of drug-likeness (QED) is 0.138. The Bertz CT molecular complexity index is 985. The van der Waals surface area contributed by atoms with Crippen molar-refractivity contribution in [1.82, 2.24) is 4.98 Å². The molecule has 1 rings (SSSR count). The number of H-pyrrole nitrogens is 1. The molecule has 1 N–H and O–H groups in total. The van der Waals surface area contributed by atoms with Gasteiger partial charge in [-0.15, -0.1) is 0 Å². The molecule has 0 amide bonds. The number of esters is 6. The molecular weight excluding hydrogens is 494 g/mol. The molecule has 0 aliphatic carbocycles. The first-order valence-electron chi connectivity index (χ1n) is 11.2. The lowest BCUT2D eigenvalue weighted by Gasteiger charge is -2.07. The van der Waals surface area contributed by atoms with E-state index in [0.29, 0.717) is 0 Å². The molecule has 0 fully saturated rings. The molecule has 37 heavy (non-hydrogen) atoms. The van der Waals surface area contributed by atoms with Crippen molar-refractivity contribution in [3.63, 3.8) is 0 Å². The standard InChI is InChI=1S/C24H29NO12/c1-7-34-19(26)13(20(27)35-8-2)11-15-17(23(30)32-5)18(24(31)33-6)16(25-15)12-14(21(28)36-9-3)22(29)37-10-4/h11-12,25H,7-10H2,1-6H3. The third kappa shape index (κ3) is 7.78. The Kier molecular flexibility index (Phi) is 12.3. The Hall–Kier alpha value is -4.42. The van der Waals surface area contributed by atoms with Gasteiger partial charge in [0.25, 0.3) is 0 Å². The Morgan fingerprint density at radius 2 is 0.838 bits per heavy atom. The summed E-state index contributed by atoms with van der Waals surface area (Å²) in [5.41, 5.74) is -2.70. The SMILES string of the molecule is CCOC(=O)C(=Cc1[nH]c(C=C(C(=O)OCC)C(=O)OCC)c(C(=O)OC)c1C(=O)OC)C(=O)OCC. The summed E-state index contributed by atoms with van der Waals surface area (Å²) in [6.45, 7) is 5.75. The minimum Gasteiger partial charge on any atom is -0.465 e. The van der Waals surface area contributed by atoms with Crippen molar-refractivity contribution in [2.45, 2.75) is 27.7 Å². The van der Waals surface area contributed by atoms with Gasteiger partial charge >= 0.3 is 35.8 Å². The summed E-state index contributed by atoms with van der Waals surface area (Å²) in [5, 5.41) is 0. The van der Waals surface area contributed by atoms with E-state index in [0.717, 1.165) is 26.4 Å². The average Bonchev–Trinajstić information content (AvgIpc) is 3.22. The van der Waals surface area contributed by atoms with Gasteiger partial charge in [-0.05, 0) is 39.8 Å². The molecule has 0 atom stereocenters. The van der Waals surface area contributed by atoms with Crippen LogP contribution in [-0.2, 0) is 47.6 Å². The molecule has 0 aromatic carbocycles. The minimum absolute atomic E-state index is 0.0754. The lowest BCUT2D eigenvalue weighted by molar-refractivity contribution is -0.148. The third-order valence-electron chi connectivity index (χ3n) is 4.40. The molecule has 0 saturated carbocycles. The lowest BCUT2D eigenvalue weighted by atomic mass is 10.1. The number of carbonyl (C=O) groups is 6. The van der Waals surface area contributed by atoms with Gasteiger partial charge < -0.3 is 33.4 Å². The van der Waals surface area contributed by atoms with E-state index in [1.165, 1.54) is 27.7 Å². The van der Waals surface area contributed by atoms with Crippen LogP contribution in [0.1, 0.15) is 59.8 Å². The number of ether oxygens (including phenoxy) is 6. The van der Waals surface area contributed by atoms with Crippen LogP contribution in [0, 0.1) is 0 Å². The van der Waals surface area contributed by atoms with Crippen LogP contribution in [0.25, 0.3) is 12.2 Å². The van der Waals surface area contributed by atoms with Crippen molar-refractivity contribution in [1.29, 1.82) is 0 Å². The third-order valence-corrected chi connectivity index (χ3v) is 4.40. The lowest BCUT2D eigenvalue weighted by Crippen LogP contribution is -2.19. The highest BCUT2D eigenvalue weighted by Crippen LogP contribution is 2.27. The summed E-state index contributed by atoms with van der Waals surface area (Å²) in [7, 11) is 2.05. The average molecular weight is 523 g/mol. The minimum atomic E-state index is -1.07. The first-order chi connectivity index (χ1) is 17.6. The zero-order valence-corrected chi connectivity index (χ0v) is 21.4. The predicted octanol–water partition coefficient (Wildman–Crippen LogP) is 1.61. The number of methoxy groups -OCH3 is 2. The van der Waals surface area contributed by atoms with Crippen LogP contribution in [0.4, 0.5) is 0 Å². The van der Waals surface area contributed by atoms with Gasteiger partial charge in [-0.1, -0.05) is 0 Å². The first-order valence-corrected chi connectivity index (χ1v) is 11.2. The summed E-state index contributed by atoms with van der Waals surface area (Å²) in [4.78, 5) is 77.8. The highest BCUT2D eigenvalue weighted by molar-refractivity contribution is 6.20. The molecule has 1 aromatic rings. The molecule has 0 radical (unpaired) electrons. The molecule has 13 heteroatoms. The number of carbonyl (C=O) groups excluding carboxylic acids is 6. The molecule has 1 aromatic heterocycles. The van der Waals surface area contributed by atoms with E-state index in [1.54, 1.807) is 0 Å². The van der Waals surface area contributed by atoms with E-state index in [4.69, 9.17) is 28.4 Å². The zero-order valence-electron chi connectivity index (χ0n) is 21.4. The number of aromatic nitrogens is 1. The molecule has 0 aliphatic heterocycles. The van der Waals surface area contributed by atoms with E-state index < -0.39 is 58.1 Å². The number of nitrogens with one attached hydrogen (secondary N) is 1. The van der Waals surface area contributed by atoms with Crippen molar-refractivity contribution < 1.29 is 57.2 Å². The number of hydrogen-bond donors (Lipinski definition) is 1. The molecule has 13 nitrogen and oxygen atoms in total. The molecule has 0 aliphatic rings. The maximum atomic E-state index is 12.7. The van der Waals surface area contributed by atoms with E-state index in [9.17, 15) is 28.8 Å². The number of hydrogen-bond acceptors (Lipinski definition) is 12. The van der Waals surface area contributed by atoms with Crippen LogP contribution >= 0.6 is 0 Å². The molecule has 0 saturated heterocycles. The van der Waals surface area contributed by atoms with Crippen molar-refractivity contribution in [3.05, 3.63) is 33.7 Å². The van der Waals surface area contributed by atoms with Gasteiger partial charge in [0.2, 0.25) is 0 Å². The van der Waals surface area contributed by atoms with Gasteiger partial charge in [0.05, 0.1) is 63.2 Å². The largest absolute Gasteiger partial charge is 0.465 e. The van der Waals surface area contributed by atoms with Crippen LogP contribution in [0.3, 0.4) is 0 Å². The second-order valence-electron chi connectivity index (χ2n) is 6.68. The zero-order chi connectivity index (χ0) is 28.1. The van der Waals surface area contributed by atoms with Gasteiger partial charge in [-0.3, -0.25) is 0 Å². The fraction of sp³-hybridized carbons (Fsp3) is 0.417. The highest BCUT2D eigenvalue weighted by Gasteiger charge is 2.32. The Morgan fingerprint density at radius 3 is 1.05 bits per heavy atom. The van der Waals surface area contributed by atoms with Crippen LogP contribution < -0.4 is 0 Å². The number of aromatic amines is 1. The number of rotatable bonds is 12. The van der Waals surface area contributed by atoms with E-state index in [2.05, 4.69) is 4.98 Å². The van der Waals surface area contributed by atoms with E-state index >= 15 is 0 Å². The van der Waals surface area contributed by atoms with Crippen molar-refractivity contribution in [3.8, 4) is 0 Å². The maximum Gasteiger partial charge on any atom is 0.345 e. The maximum absolute atomic E-state index is 12.7. The Balaban J connectivity index is 4.08. The van der Waals surface area contributed by atoms with Crippen LogP contribution in [0.2, 0.25) is 0 Å². The monoisotopic (exact) mass is 523 g/mol. The first kappa shape index (κ1) is 30.6. The summed E-state index contributed by atoms with van der Waals surface area (Å²) >= 11 is 0. The Labute approximate surface area is 212 Å². The fourth-order valence-corrected chi connectivity index (χ4v) is 2.91. The normalized spacial score (nSPS) is 9.89. The fourth-order valence-electron chi connectivity index (χ4n) is 2.91. The van der Waals surface area contributed by atoms with Crippen molar-refractivity contribution in [2.24, 2.45) is 0 Å². The molecule has 0 bridgehead atoms. The second-order valence-corrected chi connectivity index (χ2v) is 6.68. The van der Waals surface area contributed by atoms with Crippen molar-refractivity contribution in [2.75, 3.05) is 40.6 Å². The molecule has 0 unspecified atom stereocenters. The van der Waals surface area contributed by atoms with E-state index in [-0.39, 0.29) is 37.8 Å². The summed E-state index contributed by atoms with van der Waals surface area (Å²) < 4.78 is 29.1. The second kappa shape index (κ2) is 14.9. The van der Waals surface area contributed by atoms with Crippen LogP contribution in [0.5, 0.6) is 0 Å². The topological polar surface area (TPSA) is 174 Å². The van der Waals surface area contributed by atoms with Gasteiger partial charge in [-0.25, -0.2) is 28.8 Å². The van der Waals surface area contributed by atoms with Gasteiger partial charge in [0.15, 0.2) is 0 Å². The van der Waals surface area contributed by atoms with E-state index in [1.807, 2.05) is 0 Å². The summed E-state index contributed by atoms with van der Waals surface area (Å²) in [6, 6.07) is 0. The van der Waals surface area contributed by atoms with Gasteiger partial charge in [0, 0.05) is 0 Å². The molecule has 202 valence electrons. The predicted molar refractivity (Wildman–Crippen MR) is 126 cm³/mol. The molecular formula is C24H29NO12. The van der Waals surface area contributed by atoms with Gasteiger partial charge in [0.1, 0.15) is 11.1 Å². The Morgan fingerprint density at radius 1 is 0.568 bits per heavy atom. The summed E-state index contributed by atoms with van der Waals surface area (Å²) in [5.74, 6) is -6.40. The smallest absolute Gasteiger partial charge is 0.345 e. The molecule has 1 heterocycles.